The molecule has 0 aliphatic heterocycles. The number of benzene rings is 4. The Morgan fingerprint density at radius 1 is 0.935 bits per heavy atom. The Kier molecular flexibility index (Phi) is 5.18. The van der Waals surface area contributed by atoms with Crippen molar-refractivity contribution in [2.75, 3.05) is 5.32 Å². The summed E-state index contributed by atoms with van der Waals surface area (Å²) in [4.78, 5) is 17.5. The van der Waals surface area contributed by atoms with Crippen molar-refractivity contribution in [2.24, 2.45) is 0 Å². The van der Waals surface area contributed by atoms with Crippen molar-refractivity contribution in [3.05, 3.63) is 92.9 Å². The van der Waals surface area contributed by atoms with E-state index in [0.717, 1.165) is 15.2 Å². The molecule has 1 N–H and O–H groups in total. The highest BCUT2D eigenvalue weighted by Gasteiger charge is 2.15. The average molecular weight is 512 g/mol. The molecule has 5 rings (SSSR count). The summed E-state index contributed by atoms with van der Waals surface area (Å²) in [6, 6.07) is 22.0. The number of fused-ring (bicyclic) bond motifs is 2. The summed E-state index contributed by atoms with van der Waals surface area (Å²) in [6.45, 7) is 0. The normalized spacial score (nSPS) is 11.2. The van der Waals surface area contributed by atoms with Crippen molar-refractivity contribution in [1.29, 1.82) is 0 Å². The van der Waals surface area contributed by atoms with Crippen molar-refractivity contribution in [2.45, 2.75) is 0 Å². The van der Waals surface area contributed by atoms with Crippen LogP contribution >= 0.6 is 39.1 Å². The molecule has 0 aliphatic rings. The van der Waals surface area contributed by atoms with Crippen molar-refractivity contribution in [3.8, 4) is 11.5 Å². The molecule has 1 amide bonds. The Morgan fingerprint density at radius 3 is 2.58 bits per heavy atom. The molecule has 0 unspecified atom stereocenters. The summed E-state index contributed by atoms with van der Waals surface area (Å²) in [5.74, 6) is 0.162. The second kappa shape index (κ2) is 8.00. The van der Waals surface area contributed by atoms with Crippen LogP contribution in [-0.2, 0) is 0 Å². The molecule has 0 bridgehead atoms. The van der Waals surface area contributed by atoms with Crippen molar-refractivity contribution < 1.29 is 9.21 Å². The molecular formula is C24H13BrCl2N2O2. The zero-order valence-electron chi connectivity index (χ0n) is 15.8. The summed E-state index contributed by atoms with van der Waals surface area (Å²) in [5, 5.41) is 5.60. The average Bonchev–Trinajstić information content (AvgIpc) is 3.18. The van der Waals surface area contributed by atoms with E-state index in [1.807, 2.05) is 30.3 Å². The maximum absolute atomic E-state index is 13.0. The maximum atomic E-state index is 13.0. The van der Waals surface area contributed by atoms with E-state index in [1.54, 1.807) is 42.5 Å². The van der Waals surface area contributed by atoms with Gasteiger partial charge in [-0.1, -0.05) is 69.5 Å². The molecule has 31 heavy (non-hydrogen) atoms. The van der Waals surface area contributed by atoms with Gasteiger partial charge >= 0.3 is 0 Å². The molecule has 1 heterocycles. The van der Waals surface area contributed by atoms with E-state index in [-0.39, 0.29) is 5.91 Å². The first kappa shape index (κ1) is 20.1. The smallest absolute Gasteiger partial charge is 0.256 e. The Bertz CT molecular complexity index is 1480. The van der Waals surface area contributed by atoms with E-state index in [9.17, 15) is 4.79 Å². The summed E-state index contributed by atoms with van der Waals surface area (Å²) in [5.41, 5.74) is 2.99. The number of amides is 1. The first-order valence-electron chi connectivity index (χ1n) is 9.35. The number of carbonyl (C=O) groups is 1. The quantitative estimate of drug-likeness (QED) is 0.267. The first-order valence-corrected chi connectivity index (χ1v) is 10.9. The summed E-state index contributed by atoms with van der Waals surface area (Å²) in [6.07, 6.45) is 0. The molecule has 0 spiro atoms. The van der Waals surface area contributed by atoms with Crippen LogP contribution in [-0.4, -0.2) is 10.9 Å². The summed E-state index contributed by atoms with van der Waals surface area (Å²) >= 11 is 15.9. The Balaban J connectivity index is 1.48. The highest BCUT2D eigenvalue weighted by atomic mass is 79.9. The third-order valence-corrected chi connectivity index (χ3v) is 6.45. The number of nitrogens with zero attached hydrogens (tertiary/aromatic N) is 1. The lowest BCUT2D eigenvalue weighted by Gasteiger charge is -2.09. The van der Waals surface area contributed by atoms with Gasteiger partial charge < -0.3 is 9.73 Å². The van der Waals surface area contributed by atoms with Crippen LogP contribution in [0, 0.1) is 0 Å². The first-order chi connectivity index (χ1) is 15.0. The third-order valence-electron chi connectivity index (χ3n) is 4.94. The number of carbonyl (C=O) groups excluding carboxylic acids is 1. The standard InChI is InChI=1S/C24H13BrCl2N2O2/c25-18-8-2-4-14-15(18)5-1-6-16(14)23(30)28-13-10-11-21-20(12-13)29-24(31-21)17-7-3-9-19(26)22(17)27/h1-12H,(H,28,30). The Labute approximate surface area is 195 Å². The van der Waals surface area contributed by atoms with Gasteiger partial charge in [0.2, 0.25) is 5.89 Å². The minimum Gasteiger partial charge on any atom is -0.436 e. The fourth-order valence-corrected chi connectivity index (χ4v) is 4.34. The van der Waals surface area contributed by atoms with Gasteiger partial charge in [-0.2, -0.15) is 0 Å². The van der Waals surface area contributed by atoms with Gasteiger partial charge in [-0.3, -0.25) is 4.79 Å². The van der Waals surface area contributed by atoms with E-state index in [4.69, 9.17) is 27.6 Å². The van der Waals surface area contributed by atoms with Gasteiger partial charge in [0, 0.05) is 15.7 Å². The van der Waals surface area contributed by atoms with Gasteiger partial charge in [-0.05, 0) is 53.2 Å². The second-order valence-electron chi connectivity index (χ2n) is 6.90. The lowest BCUT2D eigenvalue weighted by Crippen LogP contribution is -2.12. The van der Waals surface area contributed by atoms with Gasteiger partial charge in [-0.15, -0.1) is 0 Å². The zero-order valence-corrected chi connectivity index (χ0v) is 18.9. The highest BCUT2D eigenvalue weighted by Crippen LogP contribution is 2.35. The highest BCUT2D eigenvalue weighted by molar-refractivity contribution is 9.10. The molecule has 0 aliphatic carbocycles. The lowest BCUT2D eigenvalue weighted by molar-refractivity contribution is 0.102. The van der Waals surface area contributed by atoms with Crippen LogP contribution in [0.15, 0.2) is 81.7 Å². The monoisotopic (exact) mass is 510 g/mol. The number of anilines is 1. The minimum atomic E-state index is -0.204. The largest absolute Gasteiger partial charge is 0.436 e. The number of nitrogens with one attached hydrogen (secondary N) is 1. The molecule has 4 nitrogen and oxygen atoms in total. The van der Waals surface area contributed by atoms with E-state index >= 15 is 0 Å². The van der Waals surface area contributed by atoms with Crippen molar-refractivity contribution >= 4 is 72.6 Å². The van der Waals surface area contributed by atoms with E-state index in [1.165, 1.54) is 0 Å². The number of halogens is 3. The van der Waals surface area contributed by atoms with E-state index < -0.39 is 0 Å². The van der Waals surface area contributed by atoms with Crippen LogP contribution in [0.1, 0.15) is 10.4 Å². The maximum Gasteiger partial charge on any atom is 0.256 e. The molecule has 152 valence electrons. The number of hydrogen-bond donors (Lipinski definition) is 1. The van der Waals surface area contributed by atoms with Crippen molar-refractivity contribution in [1.82, 2.24) is 4.98 Å². The van der Waals surface area contributed by atoms with E-state index in [0.29, 0.717) is 43.9 Å². The second-order valence-corrected chi connectivity index (χ2v) is 8.54. The number of rotatable bonds is 3. The van der Waals surface area contributed by atoms with Gasteiger partial charge in [0.05, 0.1) is 15.6 Å². The van der Waals surface area contributed by atoms with E-state index in [2.05, 4.69) is 26.2 Å². The van der Waals surface area contributed by atoms with Gasteiger partial charge in [0.15, 0.2) is 5.58 Å². The van der Waals surface area contributed by atoms with Crippen LogP contribution in [0.5, 0.6) is 0 Å². The fourth-order valence-electron chi connectivity index (χ4n) is 3.46. The molecule has 5 aromatic rings. The molecule has 0 saturated heterocycles. The molecule has 7 heteroatoms. The van der Waals surface area contributed by atoms with Crippen LogP contribution in [0.25, 0.3) is 33.3 Å². The predicted molar refractivity (Wildman–Crippen MR) is 129 cm³/mol. The predicted octanol–water partition coefficient (Wildman–Crippen LogP) is 7.97. The summed E-state index contributed by atoms with van der Waals surface area (Å²) < 4.78 is 6.77. The Hall–Kier alpha value is -2.86. The van der Waals surface area contributed by atoms with Gasteiger partial charge in [-0.25, -0.2) is 4.98 Å². The zero-order chi connectivity index (χ0) is 21.5. The molecule has 0 fully saturated rings. The van der Waals surface area contributed by atoms with Crippen LogP contribution in [0.3, 0.4) is 0 Å². The summed E-state index contributed by atoms with van der Waals surface area (Å²) in [7, 11) is 0. The molecule has 0 saturated carbocycles. The molecule has 1 aromatic heterocycles. The number of oxazole rings is 1. The third kappa shape index (κ3) is 3.69. The fraction of sp³-hybridized carbons (Fsp3) is 0. The topological polar surface area (TPSA) is 55.1 Å². The van der Waals surface area contributed by atoms with Gasteiger partial charge in [0.1, 0.15) is 5.52 Å². The molecule has 0 radical (unpaired) electrons. The molecular weight excluding hydrogens is 499 g/mol. The molecule has 0 atom stereocenters. The number of aromatic nitrogens is 1. The van der Waals surface area contributed by atoms with Crippen LogP contribution in [0.2, 0.25) is 10.0 Å². The van der Waals surface area contributed by atoms with Crippen LogP contribution < -0.4 is 5.32 Å². The van der Waals surface area contributed by atoms with Crippen molar-refractivity contribution in [3.63, 3.8) is 0 Å². The number of hydrogen-bond acceptors (Lipinski definition) is 3. The van der Waals surface area contributed by atoms with Crippen LogP contribution in [0.4, 0.5) is 5.69 Å². The molecule has 4 aromatic carbocycles. The Morgan fingerprint density at radius 2 is 1.71 bits per heavy atom. The minimum absolute atomic E-state index is 0.204. The lowest BCUT2D eigenvalue weighted by atomic mass is 10.0. The SMILES string of the molecule is O=C(Nc1ccc2oc(-c3cccc(Cl)c3Cl)nc2c1)c1cccc2c(Br)cccc12. The van der Waals surface area contributed by atoms with Gasteiger partial charge in [0.25, 0.3) is 5.91 Å².